The van der Waals surface area contributed by atoms with Gasteiger partial charge in [-0.05, 0) is 40.5 Å². The zero-order chi connectivity index (χ0) is 15.2. The van der Waals surface area contributed by atoms with E-state index in [1.807, 2.05) is 6.20 Å². The number of hydrogen-bond donors (Lipinski definition) is 1. The van der Waals surface area contributed by atoms with Gasteiger partial charge in [0.1, 0.15) is 0 Å². The van der Waals surface area contributed by atoms with Crippen LogP contribution in [0.1, 0.15) is 58.7 Å². The maximum Gasteiger partial charge on any atom is 0.225 e. The first-order valence-corrected chi connectivity index (χ1v) is 7.70. The fourth-order valence-corrected chi connectivity index (χ4v) is 2.02. The molecule has 0 aliphatic rings. The van der Waals surface area contributed by atoms with Gasteiger partial charge in [-0.1, -0.05) is 13.8 Å². The predicted octanol–water partition coefficient (Wildman–Crippen LogP) is 3.30. The number of aromatic nitrogens is 2. The van der Waals surface area contributed by atoms with Crippen LogP contribution in [0, 0.1) is 6.92 Å². The third-order valence-electron chi connectivity index (χ3n) is 3.15. The average Bonchev–Trinajstić information content (AvgIpc) is 2.36. The highest BCUT2D eigenvalue weighted by Gasteiger charge is 2.12. The zero-order valence-corrected chi connectivity index (χ0v) is 14.0. The number of nitrogens with one attached hydrogen (secondary N) is 1. The number of aryl methyl sites for hydroxylation is 1. The molecule has 0 saturated carbocycles. The van der Waals surface area contributed by atoms with Crippen molar-refractivity contribution < 1.29 is 0 Å². The van der Waals surface area contributed by atoms with Gasteiger partial charge in [-0.2, -0.15) is 0 Å². The third-order valence-corrected chi connectivity index (χ3v) is 3.15. The Balaban J connectivity index is 2.80. The van der Waals surface area contributed by atoms with Crippen molar-refractivity contribution in [2.45, 2.75) is 66.5 Å². The van der Waals surface area contributed by atoms with E-state index in [4.69, 9.17) is 0 Å². The Labute approximate surface area is 124 Å². The summed E-state index contributed by atoms with van der Waals surface area (Å²) in [6, 6.07) is 0. The van der Waals surface area contributed by atoms with Crippen molar-refractivity contribution in [3.63, 3.8) is 0 Å². The van der Waals surface area contributed by atoms with E-state index in [1.165, 1.54) is 5.56 Å². The maximum atomic E-state index is 4.69. The molecule has 1 rings (SSSR count). The minimum Gasteiger partial charge on any atom is -0.341 e. The van der Waals surface area contributed by atoms with E-state index in [0.29, 0.717) is 0 Å². The quantitative estimate of drug-likeness (QED) is 0.831. The third kappa shape index (κ3) is 5.45. The van der Waals surface area contributed by atoms with E-state index in [1.54, 1.807) is 0 Å². The Morgan fingerprint density at radius 2 is 1.75 bits per heavy atom. The lowest BCUT2D eigenvalue weighted by Gasteiger charge is -2.23. The first kappa shape index (κ1) is 16.9. The molecule has 1 N–H and O–H groups in total. The van der Waals surface area contributed by atoms with Crippen LogP contribution in [-0.4, -0.2) is 28.6 Å². The molecular weight excluding hydrogens is 248 g/mol. The molecule has 1 heterocycles. The first-order valence-electron chi connectivity index (χ1n) is 7.70. The van der Waals surface area contributed by atoms with Gasteiger partial charge in [-0.15, -0.1) is 0 Å². The van der Waals surface area contributed by atoms with Gasteiger partial charge in [0.2, 0.25) is 5.95 Å². The Hall–Kier alpha value is -1.16. The monoisotopic (exact) mass is 278 g/mol. The van der Waals surface area contributed by atoms with E-state index in [0.717, 1.165) is 44.1 Å². The van der Waals surface area contributed by atoms with Crippen LogP contribution in [0.25, 0.3) is 0 Å². The zero-order valence-electron chi connectivity index (χ0n) is 14.0. The fourth-order valence-electron chi connectivity index (χ4n) is 2.02. The summed E-state index contributed by atoms with van der Waals surface area (Å²) in [4.78, 5) is 11.5. The Morgan fingerprint density at radius 1 is 1.15 bits per heavy atom. The van der Waals surface area contributed by atoms with Crippen molar-refractivity contribution >= 4 is 5.95 Å². The largest absolute Gasteiger partial charge is 0.341 e. The molecule has 0 bridgehead atoms. The highest BCUT2D eigenvalue weighted by molar-refractivity contribution is 5.32. The molecular formula is C16H30N4. The van der Waals surface area contributed by atoms with Gasteiger partial charge in [-0.3, -0.25) is 0 Å². The summed E-state index contributed by atoms with van der Waals surface area (Å²) in [6.07, 6.45) is 4.21. The summed E-state index contributed by atoms with van der Waals surface area (Å²) in [7, 11) is 0. The van der Waals surface area contributed by atoms with Crippen LogP contribution in [0.2, 0.25) is 0 Å². The second-order valence-electron chi connectivity index (χ2n) is 6.37. The molecule has 0 fully saturated rings. The summed E-state index contributed by atoms with van der Waals surface area (Å²) in [5.74, 6) is 0.866. The van der Waals surface area contributed by atoms with Crippen LogP contribution in [0.3, 0.4) is 0 Å². The van der Waals surface area contributed by atoms with Crippen LogP contribution < -0.4 is 10.2 Å². The smallest absolute Gasteiger partial charge is 0.225 e. The van der Waals surface area contributed by atoms with Crippen molar-refractivity contribution in [2.24, 2.45) is 0 Å². The van der Waals surface area contributed by atoms with E-state index in [9.17, 15) is 0 Å². The topological polar surface area (TPSA) is 41.1 Å². The van der Waals surface area contributed by atoms with Crippen LogP contribution in [-0.2, 0) is 6.54 Å². The standard InChI is InChI=1S/C16H30N4/c1-7-9-20(10-8-2)15-17-11-14(13(3)19-15)12-18-16(4,5)6/h11,18H,7-10,12H2,1-6H3. The molecule has 0 amide bonds. The van der Waals surface area contributed by atoms with Crippen molar-refractivity contribution in [2.75, 3.05) is 18.0 Å². The molecule has 0 atom stereocenters. The molecule has 4 heteroatoms. The van der Waals surface area contributed by atoms with E-state index < -0.39 is 0 Å². The second-order valence-corrected chi connectivity index (χ2v) is 6.37. The number of nitrogens with zero attached hydrogens (tertiary/aromatic N) is 3. The van der Waals surface area contributed by atoms with Gasteiger partial charge in [0.05, 0.1) is 0 Å². The van der Waals surface area contributed by atoms with Crippen LogP contribution in [0.5, 0.6) is 0 Å². The summed E-state index contributed by atoms with van der Waals surface area (Å²) >= 11 is 0. The summed E-state index contributed by atoms with van der Waals surface area (Å²) < 4.78 is 0. The van der Waals surface area contributed by atoms with Crippen LogP contribution >= 0.6 is 0 Å². The van der Waals surface area contributed by atoms with E-state index >= 15 is 0 Å². The van der Waals surface area contributed by atoms with Gasteiger partial charge in [-0.25, -0.2) is 9.97 Å². The lowest BCUT2D eigenvalue weighted by molar-refractivity contribution is 0.423. The molecule has 0 unspecified atom stereocenters. The minimum absolute atomic E-state index is 0.113. The van der Waals surface area contributed by atoms with Gasteiger partial charge >= 0.3 is 0 Å². The molecule has 0 aliphatic heterocycles. The molecule has 0 aliphatic carbocycles. The Morgan fingerprint density at radius 3 is 2.20 bits per heavy atom. The highest BCUT2D eigenvalue weighted by atomic mass is 15.2. The molecule has 4 nitrogen and oxygen atoms in total. The summed E-state index contributed by atoms with van der Waals surface area (Å²) in [6.45, 7) is 15.8. The maximum absolute atomic E-state index is 4.69. The van der Waals surface area contributed by atoms with Crippen LogP contribution in [0.15, 0.2) is 6.20 Å². The molecule has 0 radical (unpaired) electrons. The lowest BCUT2D eigenvalue weighted by Crippen LogP contribution is -2.35. The van der Waals surface area contributed by atoms with Gasteiger partial charge in [0.15, 0.2) is 0 Å². The fraction of sp³-hybridized carbons (Fsp3) is 0.750. The summed E-state index contributed by atoms with van der Waals surface area (Å²) in [5, 5.41) is 3.48. The highest BCUT2D eigenvalue weighted by Crippen LogP contribution is 2.13. The number of rotatable bonds is 7. The van der Waals surface area contributed by atoms with Crippen LogP contribution in [0.4, 0.5) is 5.95 Å². The van der Waals surface area contributed by atoms with Crippen molar-refractivity contribution in [3.8, 4) is 0 Å². The van der Waals surface area contributed by atoms with Crippen molar-refractivity contribution in [3.05, 3.63) is 17.5 Å². The first-order chi connectivity index (χ1) is 9.37. The molecule has 1 aromatic heterocycles. The van der Waals surface area contributed by atoms with Crippen molar-refractivity contribution in [1.82, 2.24) is 15.3 Å². The van der Waals surface area contributed by atoms with E-state index in [2.05, 4.69) is 61.7 Å². The predicted molar refractivity (Wildman–Crippen MR) is 86.2 cm³/mol. The molecule has 1 aromatic rings. The van der Waals surface area contributed by atoms with Crippen molar-refractivity contribution in [1.29, 1.82) is 0 Å². The van der Waals surface area contributed by atoms with Gasteiger partial charge in [0.25, 0.3) is 0 Å². The lowest BCUT2D eigenvalue weighted by atomic mass is 10.1. The molecule has 0 spiro atoms. The number of anilines is 1. The second kappa shape index (κ2) is 7.58. The molecule has 20 heavy (non-hydrogen) atoms. The Bertz CT molecular complexity index is 403. The average molecular weight is 278 g/mol. The Kier molecular flexibility index (Phi) is 6.40. The molecule has 0 saturated heterocycles. The van der Waals surface area contributed by atoms with Gasteiger partial charge < -0.3 is 10.2 Å². The minimum atomic E-state index is 0.113. The number of hydrogen-bond acceptors (Lipinski definition) is 4. The normalized spacial score (nSPS) is 11.7. The summed E-state index contributed by atoms with van der Waals surface area (Å²) in [5.41, 5.74) is 2.36. The van der Waals surface area contributed by atoms with Gasteiger partial charge in [0, 0.05) is 42.6 Å². The molecule has 114 valence electrons. The van der Waals surface area contributed by atoms with E-state index in [-0.39, 0.29) is 5.54 Å². The molecule has 0 aromatic carbocycles. The SMILES string of the molecule is CCCN(CCC)c1ncc(CNC(C)(C)C)c(C)n1.